The summed E-state index contributed by atoms with van der Waals surface area (Å²) in [4.78, 5) is 0. The molecule has 0 saturated carbocycles. The summed E-state index contributed by atoms with van der Waals surface area (Å²) in [6, 6.07) is 14.6. The Morgan fingerprint density at radius 1 is 1.18 bits per heavy atom. The van der Waals surface area contributed by atoms with Crippen molar-refractivity contribution >= 4 is 52.4 Å². The molecule has 1 aliphatic heterocycles. The van der Waals surface area contributed by atoms with Crippen LogP contribution >= 0.6 is 24.8 Å². The Morgan fingerprint density at radius 2 is 1.82 bits per heavy atom. The van der Waals surface area contributed by atoms with E-state index < -0.39 is 10.0 Å². The average molecular weight is 530 g/mol. The smallest absolute Gasteiger partial charge is 0.235 e. The first kappa shape index (κ1) is 29.8. The van der Waals surface area contributed by atoms with Gasteiger partial charge in [0.1, 0.15) is 17.7 Å². The number of piperidine rings is 1. The highest BCUT2D eigenvalue weighted by atomic mass is 35.5. The van der Waals surface area contributed by atoms with Crippen LogP contribution in [0.1, 0.15) is 37.8 Å². The number of ether oxygens (including phenoxy) is 1. The molecule has 0 unspecified atom stereocenters. The summed E-state index contributed by atoms with van der Waals surface area (Å²) in [6.45, 7) is 5.67. The predicted molar refractivity (Wildman–Crippen MR) is 145 cm³/mol. The molecule has 4 N–H and O–H groups in total. The lowest BCUT2D eigenvalue weighted by Gasteiger charge is -2.26. The van der Waals surface area contributed by atoms with Crippen molar-refractivity contribution in [1.82, 2.24) is 5.32 Å². The molecule has 1 fully saturated rings. The van der Waals surface area contributed by atoms with Crippen LogP contribution < -0.4 is 20.1 Å². The topological polar surface area (TPSA) is 109 Å². The van der Waals surface area contributed by atoms with Crippen LogP contribution in [-0.4, -0.2) is 45.7 Å². The highest BCUT2D eigenvalue weighted by Crippen LogP contribution is 2.25. The zero-order chi connectivity index (χ0) is 23.1. The van der Waals surface area contributed by atoms with Crippen molar-refractivity contribution < 1.29 is 13.2 Å². The van der Waals surface area contributed by atoms with Crippen LogP contribution in [0.15, 0.2) is 54.1 Å². The summed E-state index contributed by atoms with van der Waals surface area (Å²) in [7, 11) is -3.47. The zero-order valence-electron chi connectivity index (χ0n) is 19.5. The van der Waals surface area contributed by atoms with Crippen molar-refractivity contribution in [2.75, 3.05) is 29.7 Å². The maximum absolute atomic E-state index is 12.8. The molecule has 0 amide bonds. The summed E-state index contributed by atoms with van der Waals surface area (Å²) in [5.74, 6) is 0.760. The molecule has 10 heteroatoms. The number of nitrogens with zero attached hydrogens (tertiary/aromatic N) is 1. The largest absolute Gasteiger partial charge is 0.490 e. The third-order valence-electron chi connectivity index (χ3n) is 5.42. The number of anilines is 1. The van der Waals surface area contributed by atoms with E-state index in [1.165, 1.54) is 4.31 Å². The number of nitrogens with two attached hydrogens (primary N) is 1. The highest BCUT2D eigenvalue weighted by Gasteiger charge is 2.21. The number of hydrogen-bond acceptors (Lipinski definition) is 5. The molecule has 0 spiro atoms. The molecular formula is C24H34Cl2N4O3S. The SMILES string of the molecule is CCS(=O)(=O)N(C/C(C)=C/c1cccc(C(=N)N)c1)c1ccc(OC2CCNCC2)cc1.Cl.Cl. The van der Waals surface area contributed by atoms with Crippen molar-refractivity contribution in [2.24, 2.45) is 5.73 Å². The van der Waals surface area contributed by atoms with E-state index in [1.54, 1.807) is 25.1 Å². The first-order chi connectivity index (χ1) is 15.3. The molecule has 0 atom stereocenters. The fraction of sp³-hybridized carbons (Fsp3) is 0.375. The van der Waals surface area contributed by atoms with Crippen LogP contribution in [0, 0.1) is 5.41 Å². The van der Waals surface area contributed by atoms with Gasteiger partial charge in [-0.05, 0) is 75.7 Å². The lowest BCUT2D eigenvalue weighted by atomic mass is 10.1. The quantitative estimate of drug-likeness (QED) is 0.333. The first-order valence-electron chi connectivity index (χ1n) is 10.9. The summed E-state index contributed by atoms with van der Waals surface area (Å²) >= 11 is 0. The number of hydrogen-bond donors (Lipinski definition) is 3. The Bertz CT molecular complexity index is 1070. The second kappa shape index (κ2) is 13.6. The maximum Gasteiger partial charge on any atom is 0.235 e. The third-order valence-corrected chi connectivity index (χ3v) is 7.16. The van der Waals surface area contributed by atoms with Gasteiger partial charge in [0, 0.05) is 5.56 Å². The van der Waals surface area contributed by atoms with Gasteiger partial charge in [0.15, 0.2) is 0 Å². The molecular weight excluding hydrogens is 495 g/mol. The summed E-state index contributed by atoms with van der Waals surface area (Å²) in [5.41, 5.74) is 8.56. The van der Waals surface area contributed by atoms with Gasteiger partial charge in [0.05, 0.1) is 18.0 Å². The van der Waals surface area contributed by atoms with Crippen LogP contribution in [0.5, 0.6) is 5.75 Å². The second-order valence-corrected chi connectivity index (χ2v) is 10.2. The molecule has 1 heterocycles. The van der Waals surface area contributed by atoms with E-state index in [-0.39, 0.29) is 49.1 Å². The van der Waals surface area contributed by atoms with Crippen molar-refractivity contribution in [3.63, 3.8) is 0 Å². The van der Waals surface area contributed by atoms with Crippen molar-refractivity contribution in [1.29, 1.82) is 5.41 Å². The average Bonchev–Trinajstić information content (AvgIpc) is 2.79. The number of nitrogen functional groups attached to an aromatic ring is 1. The molecule has 0 aromatic heterocycles. The molecule has 188 valence electrons. The Labute approximate surface area is 215 Å². The molecule has 2 aromatic carbocycles. The predicted octanol–water partition coefficient (Wildman–Crippen LogP) is 4.20. The molecule has 34 heavy (non-hydrogen) atoms. The van der Waals surface area contributed by atoms with Gasteiger partial charge in [-0.2, -0.15) is 0 Å². The lowest BCUT2D eigenvalue weighted by Crippen LogP contribution is -2.34. The summed E-state index contributed by atoms with van der Waals surface area (Å²) < 4.78 is 33.2. The molecule has 1 saturated heterocycles. The number of nitrogens with one attached hydrogen (secondary N) is 2. The number of halogens is 2. The molecule has 0 aliphatic carbocycles. The van der Waals surface area contributed by atoms with Crippen LogP contribution in [0.2, 0.25) is 0 Å². The van der Waals surface area contributed by atoms with Crippen LogP contribution in [0.4, 0.5) is 5.69 Å². The van der Waals surface area contributed by atoms with Gasteiger partial charge in [-0.3, -0.25) is 9.71 Å². The Hall–Kier alpha value is -2.26. The lowest BCUT2D eigenvalue weighted by molar-refractivity contribution is 0.162. The fourth-order valence-electron chi connectivity index (χ4n) is 3.66. The molecule has 0 radical (unpaired) electrons. The van der Waals surface area contributed by atoms with Crippen molar-refractivity contribution in [3.8, 4) is 5.75 Å². The minimum Gasteiger partial charge on any atom is -0.490 e. The van der Waals surface area contributed by atoms with Crippen LogP contribution in [0.25, 0.3) is 6.08 Å². The highest BCUT2D eigenvalue weighted by molar-refractivity contribution is 7.92. The monoisotopic (exact) mass is 528 g/mol. The third kappa shape index (κ3) is 8.20. The van der Waals surface area contributed by atoms with Gasteiger partial charge in [0.2, 0.25) is 10.0 Å². The number of sulfonamides is 1. The second-order valence-electron chi connectivity index (χ2n) is 8.00. The van der Waals surface area contributed by atoms with E-state index in [1.807, 2.05) is 43.3 Å². The minimum absolute atomic E-state index is 0. The number of amidine groups is 1. The Balaban J connectivity index is 0.00000289. The van der Waals surface area contributed by atoms with E-state index in [9.17, 15) is 8.42 Å². The van der Waals surface area contributed by atoms with Gasteiger partial charge < -0.3 is 15.8 Å². The molecule has 3 rings (SSSR count). The first-order valence-corrected chi connectivity index (χ1v) is 12.5. The molecule has 1 aliphatic rings. The van der Waals surface area contributed by atoms with E-state index in [0.717, 1.165) is 42.8 Å². The molecule has 0 bridgehead atoms. The van der Waals surface area contributed by atoms with Crippen molar-refractivity contribution in [2.45, 2.75) is 32.8 Å². The normalized spacial score (nSPS) is 14.5. The fourth-order valence-corrected chi connectivity index (χ4v) is 4.81. The summed E-state index contributed by atoms with van der Waals surface area (Å²) in [5, 5.41) is 10.9. The van der Waals surface area contributed by atoms with E-state index in [2.05, 4.69) is 5.32 Å². The van der Waals surface area contributed by atoms with Crippen LogP contribution in [-0.2, 0) is 10.0 Å². The molecule has 7 nitrogen and oxygen atoms in total. The van der Waals surface area contributed by atoms with E-state index in [4.69, 9.17) is 15.9 Å². The van der Waals surface area contributed by atoms with Gasteiger partial charge in [-0.25, -0.2) is 8.42 Å². The van der Waals surface area contributed by atoms with Gasteiger partial charge in [-0.1, -0.05) is 29.8 Å². The van der Waals surface area contributed by atoms with Gasteiger partial charge in [-0.15, -0.1) is 24.8 Å². The summed E-state index contributed by atoms with van der Waals surface area (Å²) in [6.07, 6.45) is 4.03. The minimum atomic E-state index is -3.47. The van der Waals surface area contributed by atoms with E-state index >= 15 is 0 Å². The molecule has 2 aromatic rings. The Morgan fingerprint density at radius 3 is 2.41 bits per heavy atom. The van der Waals surface area contributed by atoms with Crippen LogP contribution in [0.3, 0.4) is 0 Å². The zero-order valence-corrected chi connectivity index (χ0v) is 21.9. The number of rotatable bonds is 9. The maximum atomic E-state index is 12.8. The van der Waals surface area contributed by atoms with Gasteiger partial charge in [0.25, 0.3) is 0 Å². The number of benzene rings is 2. The standard InChI is InChI=1S/C24H32N4O3S.2ClH/c1-3-32(29,30)28(17-18(2)15-19-5-4-6-20(16-19)24(25)26)21-7-9-22(10-8-21)31-23-11-13-27-14-12-23;;/h4-10,15-16,23,27H,3,11-14,17H2,1-2H3,(H3,25,26);2*1H/b18-15+;;. The van der Waals surface area contributed by atoms with Gasteiger partial charge >= 0.3 is 0 Å². The van der Waals surface area contributed by atoms with Crippen molar-refractivity contribution in [3.05, 3.63) is 65.2 Å². The van der Waals surface area contributed by atoms with E-state index in [0.29, 0.717) is 11.3 Å². The Kier molecular flexibility index (Phi) is 11.9.